The first-order valence-corrected chi connectivity index (χ1v) is 24.8. The number of aliphatic hydroxyl groups excluding tert-OH is 4. The van der Waals surface area contributed by atoms with E-state index in [1.807, 2.05) is 55.4 Å². The van der Waals surface area contributed by atoms with E-state index in [9.17, 15) is 29.9 Å². The fourth-order valence-corrected chi connectivity index (χ4v) is 9.46. The lowest BCUT2D eigenvalue weighted by atomic mass is 10.1. The summed E-state index contributed by atoms with van der Waals surface area (Å²) in [5, 5.41) is 41.3. The molecule has 0 radical (unpaired) electrons. The summed E-state index contributed by atoms with van der Waals surface area (Å²) in [5.41, 5.74) is 0. The topological polar surface area (TPSA) is 229 Å². The average Bonchev–Trinajstić information content (AvgIpc) is 3.74. The van der Waals surface area contributed by atoms with Crippen molar-refractivity contribution >= 4 is 33.6 Å². The predicted octanol–water partition coefficient (Wildman–Crippen LogP) is 1.76. The largest absolute Gasteiger partial charge is 0.388 e. The van der Waals surface area contributed by atoms with Gasteiger partial charge in [0.2, 0.25) is 0 Å². The van der Waals surface area contributed by atoms with E-state index in [4.69, 9.17) is 67.8 Å². The number of hydrogen-bond acceptors (Lipinski definition) is 18. The molecule has 0 bridgehead atoms. The Hall–Kier alpha value is 0.265. The van der Waals surface area contributed by atoms with Crippen molar-refractivity contribution in [1.29, 1.82) is 0 Å². The third-order valence-electron chi connectivity index (χ3n) is 9.78. The predicted molar refractivity (Wildman–Crippen MR) is 218 cm³/mol. The van der Waals surface area contributed by atoms with Gasteiger partial charge in [-0.15, -0.1) is 0 Å². The molecule has 0 saturated carbocycles. The van der Waals surface area contributed by atoms with Crippen molar-refractivity contribution in [2.75, 3.05) is 26.4 Å². The van der Waals surface area contributed by atoms with Crippen LogP contribution in [0.4, 0.5) is 0 Å². The van der Waals surface area contributed by atoms with E-state index in [-0.39, 0.29) is 50.8 Å². The van der Waals surface area contributed by atoms with E-state index in [1.165, 1.54) is 7.57 Å². The molecular formula is C36H71BO18P2S. The van der Waals surface area contributed by atoms with Crippen LogP contribution in [0.1, 0.15) is 83.1 Å². The summed E-state index contributed by atoms with van der Waals surface area (Å²) in [6, 6.07) is 0. The van der Waals surface area contributed by atoms with Crippen molar-refractivity contribution in [3.8, 4) is 0 Å². The normalized spacial score (nSPS) is 40.1. The Bertz CT molecular complexity index is 1220. The highest BCUT2D eigenvalue weighted by Gasteiger charge is 2.49. The zero-order chi connectivity index (χ0) is 43.9. The molecule has 0 amide bonds. The fraction of sp³-hybridized carbons (Fsp3) is 1.00. The first-order valence-electron chi connectivity index (χ1n) is 20.3. The lowest BCUT2D eigenvalue weighted by molar-refractivity contribution is -0.0787. The average molecular weight is 897 g/mol. The van der Waals surface area contributed by atoms with Gasteiger partial charge in [-0.05, 0) is 94.9 Å². The molecule has 4 aliphatic heterocycles. The van der Waals surface area contributed by atoms with Crippen molar-refractivity contribution in [1.82, 2.24) is 0 Å². The Balaban J connectivity index is 0.000000310. The Morgan fingerprint density at radius 2 is 0.845 bits per heavy atom. The first-order chi connectivity index (χ1) is 26.8. The van der Waals surface area contributed by atoms with Gasteiger partial charge in [0, 0.05) is 0 Å². The van der Waals surface area contributed by atoms with Crippen molar-refractivity contribution in [2.45, 2.75) is 205 Å². The van der Waals surface area contributed by atoms with Crippen LogP contribution in [0.5, 0.6) is 0 Å². The molecule has 0 spiro atoms. The molecule has 4 saturated heterocycles. The maximum absolute atomic E-state index is 12.9. The summed E-state index contributed by atoms with van der Waals surface area (Å²) < 4.78 is 80.6. The van der Waals surface area contributed by atoms with Gasteiger partial charge in [0.15, 0.2) is 0 Å². The maximum Gasteiger partial charge on any atom is 0.325 e. The van der Waals surface area contributed by atoms with E-state index in [1.54, 1.807) is 27.7 Å². The molecule has 6 unspecified atom stereocenters. The van der Waals surface area contributed by atoms with Crippen LogP contribution in [0.3, 0.4) is 0 Å². The second-order valence-electron chi connectivity index (χ2n) is 16.5. The molecule has 18 nitrogen and oxygen atoms in total. The molecule has 0 aromatic heterocycles. The molecule has 18 atom stereocenters. The number of rotatable bonds is 20. The van der Waals surface area contributed by atoms with Gasteiger partial charge in [0.1, 0.15) is 73.2 Å². The van der Waals surface area contributed by atoms with Crippen LogP contribution < -0.4 is 0 Å². The molecule has 4 rings (SSSR count). The van der Waals surface area contributed by atoms with Crippen molar-refractivity contribution < 1.29 is 85.9 Å². The molecule has 22 heteroatoms. The minimum Gasteiger partial charge on any atom is -0.388 e. The fourth-order valence-electron chi connectivity index (χ4n) is 6.83. The Labute approximate surface area is 350 Å². The van der Waals surface area contributed by atoms with E-state index in [0.717, 1.165) is 0 Å². The zero-order valence-electron chi connectivity index (χ0n) is 36.2. The van der Waals surface area contributed by atoms with Gasteiger partial charge in [-0.3, -0.25) is 9.09 Å². The lowest BCUT2D eigenvalue weighted by Crippen LogP contribution is -2.39. The van der Waals surface area contributed by atoms with Crippen LogP contribution in [-0.4, -0.2) is 181 Å². The molecule has 4 fully saturated rings. The summed E-state index contributed by atoms with van der Waals surface area (Å²) in [6.45, 7) is 18.4. The molecule has 342 valence electrons. The second kappa shape index (κ2) is 23.3. The number of hydrogen-bond donors (Lipinski definition) is 5. The molecule has 0 aliphatic carbocycles. The van der Waals surface area contributed by atoms with Crippen molar-refractivity contribution in [3.05, 3.63) is 0 Å². The van der Waals surface area contributed by atoms with Gasteiger partial charge in [-0.2, -0.15) is 0 Å². The van der Waals surface area contributed by atoms with Crippen LogP contribution in [0.25, 0.3) is 0 Å². The number of aliphatic hydroxyl groups is 4. The zero-order valence-corrected chi connectivity index (χ0v) is 38.8. The second-order valence-corrected chi connectivity index (χ2v) is 21.3. The molecule has 58 heavy (non-hydrogen) atoms. The van der Waals surface area contributed by atoms with Gasteiger partial charge in [-0.1, -0.05) is 0 Å². The Morgan fingerprint density at radius 1 is 0.534 bits per heavy atom. The highest BCUT2D eigenvalue weighted by molar-refractivity contribution is 8.07. The smallest absolute Gasteiger partial charge is 0.325 e. The molecular weight excluding hydrogens is 825 g/mol. The SMILES string of the molecule is BP(=O)(OC[C@H]1O[C@@H](C)C(O)[C@H]1OC(C)C)O[C@@H]1C(O)[C@H](C)O[C@@H]1COC(C)C.CC(C)OC[C@H]1O[C@@H](C)C(O)[C@H]1OP(O)(=S)OC[C@H]1O[C@@H](C)C(O)[C@H]1OC(C)C. The van der Waals surface area contributed by atoms with E-state index >= 15 is 0 Å². The summed E-state index contributed by atoms with van der Waals surface area (Å²) in [6.07, 6.45) is -10.8. The monoisotopic (exact) mass is 896 g/mol. The molecule has 4 aliphatic rings. The number of ether oxygens (including phenoxy) is 8. The van der Waals surface area contributed by atoms with Crippen LogP contribution in [0, 0.1) is 0 Å². The Kier molecular flexibility index (Phi) is 21.1. The van der Waals surface area contributed by atoms with Crippen LogP contribution in [-0.2, 0) is 72.4 Å². The van der Waals surface area contributed by atoms with Gasteiger partial charge in [0.25, 0.3) is 15.0 Å². The molecule has 0 aromatic carbocycles. The third-order valence-corrected chi connectivity index (χ3v) is 12.6. The highest BCUT2D eigenvalue weighted by Crippen LogP contribution is 2.49. The quantitative estimate of drug-likeness (QED) is 0.0867. The highest BCUT2D eigenvalue weighted by atomic mass is 32.5. The Morgan fingerprint density at radius 3 is 1.19 bits per heavy atom. The summed E-state index contributed by atoms with van der Waals surface area (Å²) in [5.74, 6) is 0. The minimum absolute atomic E-state index is 0.0113. The van der Waals surface area contributed by atoms with E-state index in [0.29, 0.717) is 0 Å². The molecule has 4 heterocycles. The van der Waals surface area contributed by atoms with Crippen molar-refractivity contribution in [2.24, 2.45) is 0 Å². The van der Waals surface area contributed by atoms with Gasteiger partial charge in [-0.25, -0.2) is 0 Å². The molecule has 0 aromatic rings. The van der Waals surface area contributed by atoms with Gasteiger partial charge < -0.3 is 76.8 Å². The first kappa shape index (κ1) is 52.6. The maximum atomic E-state index is 12.9. The molecule has 5 N–H and O–H groups in total. The van der Waals surface area contributed by atoms with E-state index < -0.39 is 112 Å². The standard InChI is InChI=1S/C18H36BO9P.C18H35O9PS/c1-9(2)23-7-13-18(16(21)12(6)26-13)28-29(19,22)24-8-14-17(25-10(3)4)15(20)11(5)27-14;1-9(2)22-7-13-18(16(20)12(6)25-13)27-28(21,29)23-8-14-17(24-10(3)4)15(19)11(5)26-14/h9-18,20-21H,7-8,19H2,1-6H3;9-20H,7-8H2,1-6H3,(H,21,29)/t11-,12-,13+,14+,15?,16?,17-,18-,29?;11-,12-,13+,14+,15?,16?,17-,18-,28?/m00/s1. The van der Waals surface area contributed by atoms with Crippen LogP contribution in [0.2, 0.25) is 0 Å². The van der Waals surface area contributed by atoms with Crippen molar-refractivity contribution in [3.63, 3.8) is 0 Å². The minimum atomic E-state index is -3.72. The van der Waals surface area contributed by atoms with Crippen LogP contribution >= 0.6 is 14.2 Å². The van der Waals surface area contributed by atoms with E-state index in [2.05, 4.69) is 0 Å². The summed E-state index contributed by atoms with van der Waals surface area (Å²) in [4.78, 5) is 10.5. The lowest BCUT2D eigenvalue weighted by Gasteiger charge is -2.28. The third kappa shape index (κ3) is 15.8. The summed E-state index contributed by atoms with van der Waals surface area (Å²) in [7, 11) is -2.21. The van der Waals surface area contributed by atoms with Gasteiger partial charge in [0.05, 0.1) is 75.3 Å². The summed E-state index contributed by atoms with van der Waals surface area (Å²) >= 11 is 5.14. The van der Waals surface area contributed by atoms with Crippen LogP contribution in [0.15, 0.2) is 0 Å². The van der Waals surface area contributed by atoms with Gasteiger partial charge >= 0.3 is 6.72 Å².